The van der Waals surface area contributed by atoms with Crippen molar-refractivity contribution >= 4 is 11.5 Å². The molecule has 3 aromatic rings. The third-order valence-corrected chi connectivity index (χ3v) is 3.50. The van der Waals surface area contributed by atoms with Gasteiger partial charge in [0.25, 0.3) is 0 Å². The Morgan fingerprint density at radius 2 is 2.00 bits per heavy atom. The molecule has 0 atom stereocenters. The van der Waals surface area contributed by atoms with Crippen LogP contribution >= 0.6 is 0 Å². The number of carbonyl (C=O) groups excluding carboxylic acids is 1. The highest BCUT2D eigenvalue weighted by molar-refractivity contribution is 5.98. The molecule has 3 rings (SSSR count). The number of esters is 1. The third kappa shape index (κ3) is 2.84. The molecule has 0 saturated carbocycles. The average Bonchev–Trinajstić information content (AvgIpc) is 2.94. The van der Waals surface area contributed by atoms with Crippen molar-refractivity contribution in [2.75, 3.05) is 6.61 Å². The summed E-state index contributed by atoms with van der Waals surface area (Å²) in [5, 5.41) is 4.14. The lowest BCUT2D eigenvalue weighted by molar-refractivity contribution is -0.137. The number of halogens is 3. The summed E-state index contributed by atoms with van der Waals surface area (Å²) < 4.78 is 45.4. The van der Waals surface area contributed by atoms with Gasteiger partial charge in [0.2, 0.25) is 0 Å². The first-order valence-electron chi connectivity index (χ1n) is 7.23. The first-order valence-corrected chi connectivity index (χ1v) is 7.23. The van der Waals surface area contributed by atoms with Crippen LogP contribution in [0.5, 0.6) is 0 Å². The second-order valence-corrected chi connectivity index (χ2v) is 5.07. The van der Waals surface area contributed by atoms with Gasteiger partial charge in [0.15, 0.2) is 0 Å². The second-order valence-electron chi connectivity index (χ2n) is 5.07. The van der Waals surface area contributed by atoms with E-state index in [0.29, 0.717) is 5.52 Å². The van der Waals surface area contributed by atoms with E-state index in [4.69, 9.17) is 4.74 Å². The van der Waals surface area contributed by atoms with Gasteiger partial charge in [-0.3, -0.25) is 0 Å². The van der Waals surface area contributed by atoms with Crippen LogP contribution in [0.2, 0.25) is 0 Å². The van der Waals surface area contributed by atoms with Gasteiger partial charge < -0.3 is 4.74 Å². The first kappa shape index (κ1) is 16.0. The fourth-order valence-corrected chi connectivity index (χ4v) is 2.50. The van der Waals surface area contributed by atoms with Crippen LogP contribution in [-0.4, -0.2) is 22.2 Å². The molecule has 0 fully saturated rings. The number of nitrogens with zero attached hydrogens (tertiary/aromatic N) is 2. The summed E-state index contributed by atoms with van der Waals surface area (Å²) >= 11 is 0. The number of ether oxygens (including phenoxy) is 1. The quantitative estimate of drug-likeness (QED) is 0.674. The molecular formula is C17H13F3N2O2. The van der Waals surface area contributed by atoms with Gasteiger partial charge in [-0.1, -0.05) is 12.1 Å². The normalized spacial score (nSPS) is 11.7. The standard InChI is InChI=1S/C17H13F3N2O2/c1-2-24-16(23)14-10-13-7-4-8-21-22(13)15(14)11-5-3-6-12(9-11)17(18,19)20/h3-10H,2H2,1H3. The molecule has 0 N–H and O–H groups in total. The van der Waals surface area contributed by atoms with Crippen molar-refractivity contribution in [1.82, 2.24) is 9.61 Å². The number of benzene rings is 1. The molecule has 0 bridgehead atoms. The van der Waals surface area contributed by atoms with Crippen LogP contribution < -0.4 is 0 Å². The topological polar surface area (TPSA) is 43.6 Å². The summed E-state index contributed by atoms with van der Waals surface area (Å²) in [5.74, 6) is -0.601. The number of aromatic nitrogens is 2. The number of carbonyl (C=O) groups is 1. The van der Waals surface area contributed by atoms with Gasteiger partial charge in [-0.05, 0) is 37.3 Å². The number of rotatable bonds is 3. The Balaban J connectivity index is 2.25. The number of alkyl halides is 3. The molecule has 0 aliphatic carbocycles. The minimum Gasteiger partial charge on any atom is -0.462 e. The molecule has 0 aliphatic heterocycles. The summed E-state index contributed by atoms with van der Waals surface area (Å²) in [4.78, 5) is 12.2. The van der Waals surface area contributed by atoms with Crippen molar-refractivity contribution in [1.29, 1.82) is 0 Å². The predicted molar refractivity (Wildman–Crippen MR) is 81.6 cm³/mol. The molecular weight excluding hydrogens is 321 g/mol. The van der Waals surface area contributed by atoms with Crippen molar-refractivity contribution in [3.8, 4) is 11.3 Å². The smallest absolute Gasteiger partial charge is 0.416 e. The van der Waals surface area contributed by atoms with E-state index in [1.54, 1.807) is 25.1 Å². The maximum atomic E-state index is 13.0. The van der Waals surface area contributed by atoms with Crippen molar-refractivity contribution in [3.63, 3.8) is 0 Å². The Morgan fingerprint density at radius 1 is 1.21 bits per heavy atom. The molecule has 7 heteroatoms. The zero-order chi connectivity index (χ0) is 17.3. The molecule has 124 valence electrons. The van der Waals surface area contributed by atoms with Gasteiger partial charge in [0.1, 0.15) is 0 Å². The Kier molecular flexibility index (Phi) is 4.01. The summed E-state index contributed by atoms with van der Waals surface area (Å²) in [6, 6.07) is 9.74. The molecule has 0 unspecified atom stereocenters. The fourth-order valence-electron chi connectivity index (χ4n) is 2.50. The SMILES string of the molecule is CCOC(=O)c1cc2cccnn2c1-c1cccc(C(F)(F)F)c1. The fraction of sp³-hybridized carbons (Fsp3) is 0.176. The molecule has 2 heterocycles. The molecule has 0 aliphatic rings. The van der Waals surface area contributed by atoms with E-state index in [0.717, 1.165) is 12.1 Å². The van der Waals surface area contributed by atoms with Gasteiger partial charge in [0.05, 0.1) is 28.9 Å². The van der Waals surface area contributed by atoms with E-state index in [1.165, 1.54) is 22.8 Å². The Bertz CT molecular complexity index is 900. The van der Waals surface area contributed by atoms with Crippen LogP contribution in [-0.2, 0) is 10.9 Å². The monoisotopic (exact) mass is 334 g/mol. The van der Waals surface area contributed by atoms with E-state index < -0.39 is 17.7 Å². The lowest BCUT2D eigenvalue weighted by Crippen LogP contribution is -2.08. The van der Waals surface area contributed by atoms with Crippen LogP contribution in [0, 0.1) is 0 Å². The molecule has 0 radical (unpaired) electrons. The van der Waals surface area contributed by atoms with E-state index in [9.17, 15) is 18.0 Å². The molecule has 4 nitrogen and oxygen atoms in total. The minimum atomic E-state index is -4.47. The summed E-state index contributed by atoms with van der Waals surface area (Å²) in [7, 11) is 0. The van der Waals surface area contributed by atoms with Crippen LogP contribution in [0.3, 0.4) is 0 Å². The molecule has 0 spiro atoms. The van der Waals surface area contributed by atoms with Gasteiger partial charge >= 0.3 is 12.1 Å². The zero-order valence-electron chi connectivity index (χ0n) is 12.7. The van der Waals surface area contributed by atoms with Crippen molar-refractivity contribution in [2.45, 2.75) is 13.1 Å². The van der Waals surface area contributed by atoms with Crippen LogP contribution in [0.15, 0.2) is 48.7 Å². The summed E-state index contributed by atoms with van der Waals surface area (Å²) in [6.45, 7) is 1.83. The van der Waals surface area contributed by atoms with Crippen LogP contribution in [0.4, 0.5) is 13.2 Å². The largest absolute Gasteiger partial charge is 0.462 e. The first-order chi connectivity index (χ1) is 11.4. The lowest BCUT2D eigenvalue weighted by atomic mass is 10.0. The minimum absolute atomic E-state index is 0.167. The zero-order valence-corrected chi connectivity index (χ0v) is 12.7. The summed E-state index contributed by atoms with van der Waals surface area (Å²) in [6.07, 6.45) is -2.97. The lowest BCUT2D eigenvalue weighted by Gasteiger charge is -2.10. The molecule has 1 aromatic carbocycles. The number of fused-ring (bicyclic) bond motifs is 1. The van der Waals surface area contributed by atoms with Gasteiger partial charge in [-0.25, -0.2) is 9.31 Å². The highest BCUT2D eigenvalue weighted by Crippen LogP contribution is 2.34. The Hall–Kier alpha value is -2.83. The maximum Gasteiger partial charge on any atom is 0.416 e. The molecule has 0 amide bonds. The van der Waals surface area contributed by atoms with E-state index in [1.807, 2.05) is 0 Å². The number of hydrogen-bond acceptors (Lipinski definition) is 3. The molecule has 24 heavy (non-hydrogen) atoms. The average molecular weight is 334 g/mol. The van der Waals surface area contributed by atoms with E-state index in [2.05, 4.69) is 5.10 Å². The van der Waals surface area contributed by atoms with Gasteiger partial charge in [-0.15, -0.1) is 0 Å². The van der Waals surface area contributed by atoms with Crippen LogP contribution in [0.1, 0.15) is 22.8 Å². The highest BCUT2D eigenvalue weighted by atomic mass is 19.4. The van der Waals surface area contributed by atoms with Crippen LogP contribution in [0.25, 0.3) is 16.8 Å². The Morgan fingerprint density at radius 3 is 2.71 bits per heavy atom. The van der Waals surface area contributed by atoms with Crippen molar-refractivity contribution in [2.24, 2.45) is 0 Å². The molecule has 2 aromatic heterocycles. The van der Waals surface area contributed by atoms with Gasteiger partial charge in [0, 0.05) is 11.8 Å². The predicted octanol–water partition coefficient (Wildman–Crippen LogP) is 4.20. The highest BCUT2D eigenvalue weighted by Gasteiger charge is 2.31. The van der Waals surface area contributed by atoms with E-state index in [-0.39, 0.29) is 23.4 Å². The third-order valence-electron chi connectivity index (χ3n) is 3.50. The van der Waals surface area contributed by atoms with Gasteiger partial charge in [-0.2, -0.15) is 18.3 Å². The Labute approximate surface area is 135 Å². The number of hydrogen-bond donors (Lipinski definition) is 0. The van der Waals surface area contributed by atoms with Crippen molar-refractivity contribution in [3.05, 3.63) is 59.8 Å². The molecule has 0 saturated heterocycles. The second kappa shape index (κ2) is 5.99. The van der Waals surface area contributed by atoms with E-state index >= 15 is 0 Å². The summed E-state index contributed by atoms with van der Waals surface area (Å²) in [5.41, 5.74) is 0.491. The maximum absolute atomic E-state index is 13.0. The van der Waals surface area contributed by atoms with Crippen molar-refractivity contribution < 1.29 is 22.7 Å².